The number of carbonyl (C=O) groups is 2. The Morgan fingerprint density at radius 3 is 2.62 bits per heavy atom. The third-order valence-electron chi connectivity index (χ3n) is 3.26. The Bertz CT molecular complexity index is 766. The molecule has 1 aromatic rings. The summed E-state index contributed by atoms with van der Waals surface area (Å²) in [7, 11) is 0. The lowest BCUT2D eigenvalue weighted by molar-refractivity contribution is -0.144. The Labute approximate surface area is 179 Å². The van der Waals surface area contributed by atoms with Crippen molar-refractivity contribution in [3.05, 3.63) is 39.9 Å². The number of carboxylic acids is 1. The van der Waals surface area contributed by atoms with Crippen LogP contribution in [-0.4, -0.2) is 56.7 Å². The molecule has 0 radical (unpaired) electrons. The molecule has 1 rings (SSSR count). The standard InChI is InChI=1S/C20H22Cl2O7/c1-2-26-11-12-27-10-8-15(20(24)25)5-3-4-9-28-19(23)14-29-18-7-6-16(21)13-17(18)22/h5-7,13H,2,8-12,14H2,1H3,(H,24,25). The van der Waals surface area contributed by atoms with E-state index in [1.165, 1.54) is 18.2 Å². The summed E-state index contributed by atoms with van der Waals surface area (Å²) in [5.74, 6) is 3.66. The highest BCUT2D eigenvalue weighted by molar-refractivity contribution is 6.35. The van der Waals surface area contributed by atoms with E-state index in [9.17, 15) is 9.59 Å². The van der Waals surface area contributed by atoms with Crippen LogP contribution < -0.4 is 4.74 Å². The van der Waals surface area contributed by atoms with Crippen LogP contribution in [0.4, 0.5) is 0 Å². The number of carboxylic acid groups (broad SMARTS) is 1. The fraction of sp³-hybridized carbons (Fsp3) is 0.400. The van der Waals surface area contributed by atoms with Gasteiger partial charge >= 0.3 is 11.9 Å². The van der Waals surface area contributed by atoms with Crippen molar-refractivity contribution >= 4 is 35.1 Å². The van der Waals surface area contributed by atoms with Crippen molar-refractivity contribution in [3.63, 3.8) is 0 Å². The van der Waals surface area contributed by atoms with Crippen LogP contribution in [0.5, 0.6) is 5.75 Å². The molecule has 0 saturated carbocycles. The number of rotatable bonds is 12. The monoisotopic (exact) mass is 444 g/mol. The Kier molecular flexibility index (Phi) is 12.6. The fourth-order valence-corrected chi connectivity index (χ4v) is 2.32. The Morgan fingerprint density at radius 2 is 1.93 bits per heavy atom. The summed E-state index contributed by atoms with van der Waals surface area (Å²) in [6.07, 6.45) is 1.46. The molecular formula is C20H22Cl2O7. The molecule has 1 N–H and O–H groups in total. The van der Waals surface area contributed by atoms with Gasteiger partial charge in [0.15, 0.2) is 13.2 Å². The van der Waals surface area contributed by atoms with E-state index in [1.54, 1.807) is 6.07 Å². The number of hydrogen-bond acceptors (Lipinski definition) is 6. The second kappa shape index (κ2) is 14.7. The van der Waals surface area contributed by atoms with E-state index < -0.39 is 11.9 Å². The van der Waals surface area contributed by atoms with Gasteiger partial charge in [-0.15, -0.1) is 0 Å². The molecule has 0 spiro atoms. The topological polar surface area (TPSA) is 91.3 Å². The molecule has 0 heterocycles. The molecule has 9 heteroatoms. The second-order valence-corrected chi connectivity index (χ2v) is 6.22. The maximum atomic E-state index is 11.6. The van der Waals surface area contributed by atoms with Gasteiger partial charge in [-0.2, -0.15) is 0 Å². The first kappa shape index (κ1) is 24.8. The lowest BCUT2D eigenvalue weighted by Crippen LogP contribution is -2.15. The molecule has 0 amide bonds. The second-order valence-electron chi connectivity index (χ2n) is 5.38. The van der Waals surface area contributed by atoms with Gasteiger partial charge in [-0.1, -0.05) is 35.0 Å². The van der Waals surface area contributed by atoms with Crippen molar-refractivity contribution in [2.45, 2.75) is 13.3 Å². The number of carbonyl (C=O) groups excluding carboxylic acids is 1. The number of hydrogen-bond donors (Lipinski definition) is 1. The minimum Gasteiger partial charge on any atom is -0.480 e. The first-order valence-corrected chi connectivity index (χ1v) is 9.49. The normalized spacial score (nSPS) is 10.8. The van der Waals surface area contributed by atoms with Gasteiger partial charge in [-0.05, 0) is 31.2 Å². The Balaban J connectivity index is 2.33. The largest absolute Gasteiger partial charge is 0.480 e. The average Bonchev–Trinajstić information content (AvgIpc) is 2.67. The van der Waals surface area contributed by atoms with Crippen molar-refractivity contribution in [1.29, 1.82) is 0 Å². The van der Waals surface area contributed by atoms with Gasteiger partial charge in [0.2, 0.25) is 0 Å². The summed E-state index contributed by atoms with van der Waals surface area (Å²) >= 11 is 11.7. The SMILES string of the molecule is CCOCCOCCC(=CC#CCOC(=O)COc1ccc(Cl)cc1Cl)C(=O)O. The van der Waals surface area contributed by atoms with Gasteiger partial charge < -0.3 is 24.1 Å². The highest BCUT2D eigenvalue weighted by atomic mass is 35.5. The summed E-state index contributed by atoms with van der Waals surface area (Å²) in [6, 6.07) is 4.61. The van der Waals surface area contributed by atoms with Crippen LogP contribution >= 0.6 is 23.2 Å². The van der Waals surface area contributed by atoms with Gasteiger partial charge in [0, 0.05) is 23.6 Å². The molecule has 158 valence electrons. The van der Waals surface area contributed by atoms with Crippen molar-refractivity contribution < 1.29 is 33.6 Å². The van der Waals surface area contributed by atoms with Crippen molar-refractivity contribution in [1.82, 2.24) is 0 Å². The Morgan fingerprint density at radius 1 is 1.17 bits per heavy atom. The minimum atomic E-state index is -1.09. The number of ether oxygens (including phenoxy) is 4. The number of aliphatic carboxylic acids is 1. The molecule has 1 aromatic carbocycles. The molecule has 0 bridgehead atoms. The van der Waals surface area contributed by atoms with Gasteiger partial charge in [0.1, 0.15) is 5.75 Å². The molecule has 0 aliphatic rings. The maximum Gasteiger partial charge on any atom is 0.345 e. The van der Waals surface area contributed by atoms with E-state index in [0.29, 0.717) is 30.6 Å². The predicted octanol–water partition coefficient (Wildman–Crippen LogP) is 3.37. The molecule has 0 saturated heterocycles. The van der Waals surface area contributed by atoms with E-state index in [0.717, 1.165) is 0 Å². The number of halogens is 2. The molecular weight excluding hydrogens is 423 g/mol. The van der Waals surface area contributed by atoms with E-state index >= 15 is 0 Å². The first-order valence-electron chi connectivity index (χ1n) is 8.73. The summed E-state index contributed by atoms with van der Waals surface area (Å²) in [6.45, 7) is 3.03. The van der Waals surface area contributed by atoms with Crippen molar-refractivity contribution in [2.24, 2.45) is 0 Å². The molecule has 0 aliphatic carbocycles. The van der Waals surface area contributed by atoms with Gasteiger partial charge in [-0.25, -0.2) is 9.59 Å². The summed E-state index contributed by atoms with van der Waals surface area (Å²) in [5.41, 5.74) is 0.0981. The molecule has 0 aromatic heterocycles. The highest BCUT2D eigenvalue weighted by Crippen LogP contribution is 2.27. The Hall–Kier alpha value is -2.24. The minimum absolute atomic E-state index is 0.0981. The van der Waals surface area contributed by atoms with Crippen molar-refractivity contribution in [2.75, 3.05) is 39.6 Å². The van der Waals surface area contributed by atoms with Crippen LogP contribution in [0.15, 0.2) is 29.8 Å². The third kappa shape index (κ3) is 11.4. The van der Waals surface area contributed by atoms with E-state index in [1.807, 2.05) is 6.92 Å². The number of allylic oxidation sites excluding steroid dienone is 1. The van der Waals surface area contributed by atoms with Gasteiger partial charge in [0.25, 0.3) is 0 Å². The van der Waals surface area contributed by atoms with Crippen LogP contribution in [-0.2, 0) is 23.8 Å². The van der Waals surface area contributed by atoms with Crippen LogP contribution in [0.1, 0.15) is 13.3 Å². The molecule has 29 heavy (non-hydrogen) atoms. The van der Waals surface area contributed by atoms with Crippen LogP contribution in [0.25, 0.3) is 0 Å². The zero-order valence-corrected chi connectivity index (χ0v) is 17.4. The first-order chi connectivity index (χ1) is 13.9. The quantitative estimate of drug-likeness (QED) is 0.228. The fourth-order valence-electron chi connectivity index (χ4n) is 1.85. The lowest BCUT2D eigenvalue weighted by Gasteiger charge is -2.07. The molecule has 0 aliphatic heterocycles. The van der Waals surface area contributed by atoms with Crippen LogP contribution in [0.3, 0.4) is 0 Å². The van der Waals surface area contributed by atoms with E-state index in [2.05, 4.69) is 11.8 Å². The molecule has 0 unspecified atom stereocenters. The van der Waals surface area contributed by atoms with E-state index in [4.69, 9.17) is 47.3 Å². The zero-order valence-electron chi connectivity index (χ0n) is 15.9. The summed E-state index contributed by atoms with van der Waals surface area (Å²) in [4.78, 5) is 22.8. The third-order valence-corrected chi connectivity index (χ3v) is 3.79. The average molecular weight is 445 g/mol. The summed E-state index contributed by atoms with van der Waals surface area (Å²) < 4.78 is 20.5. The highest BCUT2D eigenvalue weighted by Gasteiger charge is 2.08. The predicted molar refractivity (Wildman–Crippen MR) is 108 cm³/mol. The smallest absolute Gasteiger partial charge is 0.345 e. The number of benzene rings is 1. The number of esters is 1. The molecule has 7 nitrogen and oxygen atoms in total. The summed E-state index contributed by atoms with van der Waals surface area (Å²) in [5, 5.41) is 9.87. The maximum absolute atomic E-state index is 11.6. The lowest BCUT2D eigenvalue weighted by atomic mass is 10.2. The van der Waals surface area contributed by atoms with E-state index in [-0.39, 0.29) is 36.8 Å². The van der Waals surface area contributed by atoms with Crippen LogP contribution in [0.2, 0.25) is 10.0 Å². The molecule has 0 fully saturated rings. The van der Waals surface area contributed by atoms with Gasteiger partial charge in [-0.3, -0.25) is 0 Å². The molecule has 0 atom stereocenters. The van der Waals surface area contributed by atoms with Gasteiger partial charge in [0.05, 0.1) is 24.8 Å². The van der Waals surface area contributed by atoms with Crippen molar-refractivity contribution in [3.8, 4) is 17.6 Å². The zero-order chi connectivity index (χ0) is 21.5. The van der Waals surface area contributed by atoms with Crippen LogP contribution in [0, 0.1) is 11.8 Å².